The molecular formula is C8H8F2N2O. The predicted octanol–water partition coefficient (Wildman–Crippen LogP) is 1.34. The first-order valence-corrected chi connectivity index (χ1v) is 3.62. The number of nitrogens with one attached hydrogen (secondary N) is 1. The van der Waals surface area contributed by atoms with Crippen molar-refractivity contribution in [3.8, 4) is 0 Å². The lowest BCUT2D eigenvalue weighted by atomic mass is 10.2. The molecule has 1 rings (SSSR count). The van der Waals surface area contributed by atoms with Crippen molar-refractivity contribution in [2.45, 2.75) is 13.5 Å². The molecule has 0 aliphatic rings. The number of rotatable bonds is 2. The minimum absolute atomic E-state index is 0.0304. The topological polar surface area (TPSA) is 42.0 Å². The highest BCUT2D eigenvalue weighted by Gasteiger charge is 2.13. The molecule has 0 spiro atoms. The maximum atomic E-state index is 11.7. The van der Waals surface area contributed by atoms with E-state index >= 15 is 0 Å². The largest absolute Gasteiger partial charge is 0.315 e. The standard InChI is InChI=1S/C8H8F2N2O/c1-5-3-2-4-11-6(5)7(13)12-8(9)10/h2-4,8H,1H3,(H,12,13). The highest BCUT2D eigenvalue weighted by atomic mass is 19.3. The maximum Gasteiger partial charge on any atom is 0.315 e. The van der Waals surface area contributed by atoms with E-state index < -0.39 is 12.5 Å². The van der Waals surface area contributed by atoms with E-state index in [1.54, 1.807) is 19.1 Å². The van der Waals surface area contributed by atoms with Gasteiger partial charge in [-0.05, 0) is 18.6 Å². The van der Waals surface area contributed by atoms with Crippen molar-refractivity contribution < 1.29 is 13.6 Å². The number of pyridine rings is 1. The average molecular weight is 186 g/mol. The van der Waals surface area contributed by atoms with E-state index in [0.717, 1.165) is 0 Å². The van der Waals surface area contributed by atoms with Gasteiger partial charge in [-0.2, -0.15) is 8.78 Å². The second-order valence-corrected chi connectivity index (χ2v) is 2.44. The van der Waals surface area contributed by atoms with Gasteiger partial charge < -0.3 is 0 Å². The molecule has 0 bridgehead atoms. The van der Waals surface area contributed by atoms with E-state index in [1.807, 2.05) is 0 Å². The zero-order valence-electron chi connectivity index (χ0n) is 6.92. The van der Waals surface area contributed by atoms with Gasteiger partial charge in [-0.3, -0.25) is 15.1 Å². The van der Waals surface area contributed by atoms with Crippen molar-refractivity contribution in [3.05, 3.63) is 29.6 Å². The molecule has 1 amide bonds. The third kappa shape index (κ3) is 2.47. The molecular weight excluding hydrogens is 178 g/mol. The van der Waals surface area contributed by atoms with E-state index in [9.17, 15) is 13.6 Å². The number of aryl methyl sites for hydroxylation is 1. The smallest absolute Gasteiger partial charge is 0.295 e. The number of nitrogens with zero attached hydrogens (tertiary/aromatic N) is 1. The highest BCUT2D eigenvalue weighted by Crippen LogP contribution is 2.03. The van der Waals surface area contributed by atoms with Crippen LogP contribution in [0.4, 0.5) is 8.78 Å². The highest BCUT2D eigenvalue weighted by molar-refractivity contribution is 5.93. The van der Waals surface area contributed by atoms with Crippen LogP contribution in [0.3, 0.4) is 0 Å². The summed E-state index contributed by atoms with van der Waals surface area (Å²) in [5.41, 5.74) is 0.600. The molecule has 0 atom stereocenters. The summed E-state index contributed by atoms with van der Waals surface area (Å²) in [6, 6.07) is 3.27. The molecule has 0 aromatic carbocycles. The summed E-state index contributed by atoms with van der Waals surface area (Å²) in [4.78, 5) is 14.7. The molecule has 70 valence electrons. The van der Waals surface area contributed by atoms with Gasteiger partial charge in [0.2, 0.25) is 0 Å². The van der Waals surface area contributed by atoms with E-state index in [4.69, 9.17) is 0 Å². The Hall–Kier alpha value is -1.52. The molecule has 1 aromatic heterocycles. The number of carbonyl (C=O) groups is 1. The van der Waals surface area contributed by atoms with Gasteiger partial charge in [0.05, 0.1) is 0 Å². The van der Waals surface area contributed by atoms with Crippen molar-refractivity contribution >= 4 is 5.91 Å². The Balaban J connectivity index is 2.83. The van der Waals surface area contributed by atoms with E-state index in [1.165, 1.54) is 11.5 Å². The van der Waals surface area contributed by atoms with Gasteiger partial charge in [0, 0.05) is 6.20 Å². The second-order valence-electron chi connectivity index (χ2n) is 2.44. The van der Waals surface area contributed by atoms with Gasteiger partial charge in [0.1, 0.15) is 5.69 Å². The lowest BCUT2D eigenvalue weighted by Gasteiger charge is -2.04. The molecule has 1 heterocycles. The molecule has 0 saturated heterocycles. The van der Waals surface area contributed by atoms with Gasteiger partial charge in [-0.25, -0.2) is 0 Å². The van der Waals surface area contributed by atoms with Crippen LogP contribution >= 0.6 is 0 Å². The van der Waals surface area contributed by atoms with Crippen LogP contribution in [0.2, 0.25) is 0 Å². The van der Waals surface area contributed by atoms with Crippen molar-refractivity contribution in [2.75, 3.05) is 0 Å². The van der Waals surface area contributed by atoms with Crippen molar-refractivity contribution in [1.82, 2.24) is 10.3 Å². The van der Waals surface area contributed by atoms with E-state index in [0.29, 0.717) is 5.56 Å². The van der Waals surface area contributed by atoms with Gasteiger partial charge >= 0.3 is 6.55 Å². The zero-order valence-corrected chi connectivity index (χ0v) is 6.92. The molecule has 0 unspecified atom stereocenters. The average Bonchev–Trinajstić information content (AvgIpc) is 2.03. The molecule has 5 heteroatoms. The summed E-state index contributed by atoms with van der Waals surface area (Å²) in [6.07, 6.45) is 1.38. The summed E-state index contributed by atoms with van der Waals surface area (Å²) < 4.78 is 23.5. The number of carbonyl (C=O) groups excluding carboxylic acids is 1. The quantitative estimate of drug-likeness (QED) is 0.708. The Morgan fingerprint density at radius 3 is 2.85 bits per heavy atom. The zero-order chi connectivity index (χ0) is 9.84. The van der Waals surface area contributed by atoms with Gasteiger partial charge in [-0.15, -0.1) is 0 Å². The van der Waals surface area contributed by atoms with Gasteiger partial charge in [0.25, 0.3) is 5.91 Å². The number of aromatic nitrogens is 1. The van der Waals surface area contributed by atoms with E-state index in [-0.39, 0.29) is 5.69 Å². The van der Waals surface area contributed by atoms with Crippen molar-refractivity contribution in [1.29, 1.82) is 0 Å². The SMILES string of the molecule is Cc1cccnc1C(=O)NC(F)F. The first-order valence-electron chi connectivity index (χ1n) is 3.62. The van der Waals surface area contributed by atoms with E-state index in [2.05, 4.69) is 4.98 Å². The minimum Gasteiger partial charge on any atom is -0.295 e. The lowest BCUT2D eigenvalue weighted by Crippen LogP contribution is -2.29. The summed E-state index contributed by atoms with van der Waals surface area (Å²) in [5.74, 6) is -0.854. The molecule has 0 aliphatic heterocycles. The van der Waals surface area contributed by atoms with Crippen molar-refractivity contribution in [2.24, 2.45) is 0 Å². The van der Waals surface area contributed by atoms with Crippen LogP contribution in [0.15, 0.2) is 18.3 Å². The minimum atomic E-state index is -2.85. The molecule has 3 nitrogen and oxygen atoms in total. The number of halogens is 2. The maximum absolute atomic E-state index is 11.7. The summed E-state index contributed by atoms with van der Waals surface area (Å²) in [5, 5.41) is 1.47. The van der Waals surface area contributed by atoms with Crippen LogP contribution in [-0.2, 0) is 0 Å². The Morgan fingerprint density at radius 1 is 1.62 bits per heavy atom. The Bertz CT molecular complexity index is 315. The summed E-state index contributed by atoms with van der Waals surface area (Å²) in [7, 11) is 0. The van der Waals surface area contributed by atoms with Crippen LogP contribution in [0.5, 0.6) is 0 Å². The molecule has 0 saturated carbocycles. The number of hydrogen-bond donors (Lipinski definition) is 1. The number of hydrogen-bond acceptors (Lipinski definition) is 2. The third-order valence-electron chi connectivity index (χ3n) is 1.46. The first kappa shape index (κ1) is 9.57. The number of alkyl halides is 2. The molecule has 13 heavy (non-hydrogen) atoms. The monoisotopic (exact) mass is 186 g/mol. The molecule has 1 aromatic rings. The van der Waals surface area contributed by atoms with Gasteiger partial charge in [0.15, 0.2) is 0 Å². The third-order valence-corrected chi connectivity index (χ3v) is 1.46. The van der Waals surface area contributed by atoms with Crippen LogP contribution in [-0.4, -0.2) is 17.4 Å². The number of amides is 1. The lowest BCUT2D eigenvalue weighted by molar-refractivity contribution is 0.0694. The fourth-order valence-electron chi connectivity index (χ4n) is 0.891. The Labute approximate surface area is 73.8 Å². The predicted molar refractivity (Wildman–Crippen MR) is 42.4 cm³/mol. The first-order chi connectivity index (χ1) is 6.11. The molecule has 0 radical (unpaired) electrons. The second kappa shape index (κ2) is 3.93. The summed E-state index contributed by atoms with van der Waals surface area (Å²) in [6.45, 7) is -1.22. The molecule has 1 N–H and O–H groups in total. The van der Waals surface area contributed by atoms with Crippen LogP contribution in [0, 0.1) is 6.92 Å². The Morgan fingerprint density at radius 2 is 2.31 bits per heavy atom. The fraction of sp³-hybridized carbons (Fsp3) is 0.250. The van der Waals surface area contributed by atoms with Crippen LogP contribution in [0.25, 0.3) is 0 Å². The molecule has 0 fully saturated rings. The van der Waals surface area contributed by atoms with Crippen LogP contribution < -0.4 is 5.32 Å². The Kier molecular flexibility index (Phi) is 2.89. The molecule has 0 aliphatic carbocycles. The van der Waals surface area contributed by atoms with Crippen molar-refractivity contribution in [3.63, 3.8) is 0 Å². The van der Waals surface area contributed by atoms with Gasteiger partial charge in [-0.1, -0.05) is 6.07 Å². The fourth-order valence-corrected chi connectivity index (χ4v) is 0.891. The summed E-state index contributed by atoms with van der Waals surface area (Å²) >= 11 is 0. The van der Waals surface area contributed by atoms with Crippen LogP contribution in [0.1, 0.15) is 16.1 Å². The normalized spacial score (nSPS) is 10.2.